The van der Waals surface area contributed by atoms with E-state index < -0.39 is 0 Å². The third kappa shape index (κ3) is 2.47. The quantitative estimate of drug-likeness (QED) is 0.806. The fraction of sp³-hybridized carbons (Fsp3) is 0.231. The fourth-order valence-electron chi connectivity index (χ4n) is 1.54. The van der Waals surface area contributed by atoms with Gasteiger partial charge in [-0.2, -0.15) is 0 Å². The summed E-state index contributed by atoms with van der Waals surface area (Å²) in [5.74, 6) is 0.461. The average molecular weight is 326 g/mol. The zero-order valence-electron chi connectivity index (χ0n) is 10.3. The van der Waals surface area contributed by atoms with Gasteiger partial charge in [-0.1, -0.05) is 15.9 Å². The van der Waals surface area contributed by atoms with Crippen molar-refractivity contribution in [2.45, 2.75) is 13.8 Å². The summed E-state index contributed by atoms with van der Waals surface area (Å²) >= 11 is 4.77. The second kappa shape index (κ2) is 5.20. The molecule has 0 N–H and O–H groups in total. The molecule has 18 heavy (non-hydrogen) atoms. The highest BCUT2D eigenvalue weighted by Gasteiger charge is 2.19. The maximum atomic E-state index is 12.4. The van der Waals surface area contributed by atoms with Crippen LogP contribution in [0.25, 0.3) is 0 Å². The maximum absolute atomic E-state index is 12.4. The van der Waals surface area contributed by atoms with E-state index in [1.165, 1.54) is 11.3 Å². The van der Waals surface area contributed by atoms with E-state index in [1.807, 2.05) is 19.9 Å². The Balaban J connectivity index is 2.48. The van der Waals surface area contributed by atoms with E-state index >= 15 is 0 Å². The number of halogens is 1. The van der Waals surface area contributed by atoms with Gasteiger partial charge in [0.2, 0.25) is 5.78 Å². The van der Waals surface area contributed by atoms with Crippen LogP contribution in [0.2, 0.25) is 0 Å². The minimum Gasteiger partial charge on any atom is -0.496 e. The molecule has 2 rings (SSSR count). The second-order valence-corrected chi connectivity index (χ2v) is 5.95. The number of rotatable bonds is 3. The Morgan fingerprint density at radius 1 is 1.39 bits per heavy atom. The van der Waals surface area contributed by atoms with Crippen LogP contribution in [0.5, 0.6) is 5.75 Å². The van der Waals surface area contributed by atoms with Gasteiger partial charge in [0.05, 0.1) is 18.4 Å². The van der Waals surface area contributed by atoms with Gasteiger partial charge in [-0.25, -0.2) is 4.98 Å². The molecule has 0 spiro atoms. The molecule has 3 nitrogen and oxygen atoms in total. The SMILES string of the molecule is COc1ccc(Br)cc1C(=O)c1nc(C)c(C)s1. The molecule has 0 saturated carbocycles. The summed E-state index contributed by atoms with van der Waals surface area (Å²) in [5.41, 5.74) is 1.43. The molecule has 0 atom stereocenters. The Bertz CT molecular complexity index is 588. The lowest BCUT2D eigenvalue weighted by atomic mass is 10.1. The molecule has 1 heterocycles. The molecule has 2 aromatic rings. The average Bonchev–Trinajstić information content (AvgIpc) is 2.68. The van der Waals surface area contributed by atoms with Crippen molar-refractivity contribution in [2.75, 3.05) is 7.11 Å². The smallest absolute Gasteiger partial charge is 0.225 e. The third-order valence-corrected chi connectivity index (χ3v) is 4.19. The number of hydrogen-bond acceptors (Lipinski definition) is 4. The molecular weight excluding hydrogens is 314 g/mol. The van der Waals surface area contributed by atoms with Crippen LogP contribution in [-0.4, -0.2) is 17.9 Å². The predicted molar refractivity (Wildman–Crippen MR) is 75.7 cm³/mol. The van der Waals surface area contributed by atoms with Crippen molar-refractivity contribution in [1.29, 1.82) is 0 Å². The minimum absolute atomic E-state index is 0.102. The molecule has 0 amide bonds. The van der Waals surface area contributed by atoms with E-state index in [9.17, 15) is 4.79 Å². The van der Waals surface area contributed by atoms with E-state index in [2.05, 4.69) is 20.9 Å². The summed E-state index contributed by atoms with van der Waals surface area (Å²) < 4.78 is 6.06. The number of aryl methyl sites for hydroxylation is 2. The van der Waals surface area contributed by atoms with Gasteiger partial charge in [-0.3, -0.25) is 4.79 Å². The van der Waals surface area contributed by atoms with E-state index in [1.54, 1.807) is 19.2 Å². The third-order valence-electron chi connectivity index (χ3n) is 2.63. The van der Waals surface area contributed by atoms with Crippen molar-refractivity contribution in [3.05, 3.63) is 43.8 Å². The monoisotopic (exact) mass is 325 g/mol. The first-order valence-electron chi connectivity index (χ1n) is 5.35. The Hall–Kier alpha value is -1.20. The lowest BCUT2D eigenvalue weighted by Gasteiger charge is -2.06. The van der Waals surface area contributed by atoms with Gasteiger partial charge in [0.15, 0.2) is 5.01 Å². The summed E-state index contributed by atoms with van der Waals surface area (Å²) in [7, 11) is 1.55. The fourth-order valence-corrected chi connectivity index (χ4v) is 2.77. The summed E-state index contributed by atoms with van der Waals surface area (Å²) in [4.78, 5) is 17.7. The first kappa shape index (κ1) is 13.2. The largest absolute Gasteiger partial charge is 0.496 e. The highest BCUT2D eigenvalue weighted by molar-refractivity contribution is 9.10. The summed E-state index contributed by atoms with van der Waals surface area (Å²) in [5, 5.41) is 0.501. The van der Waals surface area contributed by atoms with Gasteiger partial charge < -0.3 is 4.74 Å². The number of thiazole rings is 1. The van der Waals surface area contributed by atoms with Crippen molar-refractivity contribution < 1.29 is 9.53 Å². The van der Waals surface area contributed by atoms with Gasteiger partial charge >= 0.3 is 0 Å². The number of carbonyl (C=O) groups excluding carboxylic acids is 1. The van der Waals surface area contributed by atoms with Crippen LogP contribution in [-0.2, 0) is 0 Å². The zero-order chi connectivity index (χ0) is 13.3. The number of benzene rings is 1. The van der Waals surface area contributed by atoms with E-state index in [4.69, 9.17) is 4.74 Å². The standard InChI is InChI=1S/C13H12BrNO2S/c1-7-8(2)18-13(15-7)12(16)10-6-9(14)4-5-11(10)17-3/h4-6H,1-3H3. The number of methoxy groups -OCH3 is 1. The van der Waals surface area contributed by atoms with Gasteiger partial charge in [0.1, 0.15) is 5.75 Å². The summed E-state index contributed by atoms with van der Waals surface area (Å²) in [6, 6.07) is 5.37. The molecule has 1 aromatic heterocycles. The van der Waals surface area contributed by atoms with E-state index in [0.717, 1.165) is 15.0 Å². The highest BCUT2D eigenvalue weighted by atomic mass is 79.9. The Morgan fingerprint density at radius 3 is 2.67 bits per heavy atom. The van der Waals surface area contributed by atoms with Gasteiger partial charge in [-0.05, 0) is 32.0 Å². The van der Waals surface area contributed by atoms with E-state index in [-0.39, 0.29) is 5.78 Å². The van der Waals surface area contributed by atoms with E-state index in [0.29, 0.717) is 16.3 Å². The number of ether oxygens (including phenoxy) is 1. The molecule has 5 heteroatoms. The van der Waals surface area contributed by atoms with Crippen LogP contribution in [0.1, 0.15) is 25.9 Å². The topological polar surface area (TPSA) is 39.2 Å². The molecule has 0 bridgehead atoms. The number of aromatic nitrogens is 1. The molecule has 0 aliphatic rings. The van der Waals surface area contributed by atoms with Gasteiger partial charge in [0, 0.05) is 9.35 Å². The Morgan fingerprint density at radius 2 is 2.11 bits per heavy atom. The summed E-state index contributed by atoms with van der Waals surface area (Å²) in [6.07, 6.45) is 0. The van der Waals surface area contributed by atoms with Gasteiger partial charge in [0.25, 0.3) is 0 Å². The second-order valence-electron chi connectivity index (χ2n) is 3.83. The number of ketones is 1. The molecule has 0 fully saturated rings. The molecule has 94 valence electrons. The number of nitrogens with zero attached hydrogens (tertiary/aromatic N) is 1. The maximum Gasteiger partial charge on any atom is 0.225 e. The molecule has 0 aliphatic carbocycles. The van der Waals surface area contributed by atoms with Crippen LogP contribution in [0.3, 0.4) is 0 Å². The normalized spacial score (nSPS) is 10.4. The van der Waals surface area contributed by atoms with Crippen molar-refractivity contribution in [2.24, 2.45) is 0 Å². The van der Waals surface area contributed by atoms with Crippen LogP contribution in [0, 0.1) is 13.8 Å². The number of hydrogen-bond donors (Lipinski definition) is 0. The first-order valence-corrected chi connectivity index (χ1v) is 6.96. The van der Waals surface area contributed by atoms with Gasteiger partial charge in [-0.15, -0.1) is 11.3 Å². The van der Waals surface area contributed by atoms with Crippen LogP contribution in [0.4, 0.5) is 0 Å². The lowest BCUT2D eigenvalue weighted by Crippen LogP contribution is -2.03. The van der Waals surface area contributed by atoms with Crippen LogP contribution in [0.15, 0.2) is 22.7 Å². The van der Waals surface area contributed by atoms with Crippen LogP contribution >= 0.6 is 27.3 Å². The Kier molecular flexibility index (Phi) is 3.82. The van der Waals surface area contributed by atoms with Crippen molar-refractivity contribution in [3.8, 4) is 5.75 Å². The number of carbonyl (C=O) groups is 1. The van der Waals surface area contributed by atoms with Crippen LogP contribution < -0.4 is 4.74 Å². The Labute approximate surface area is 118 Å². The molecule has 0 saturated heterocycles. The lowest BCUT2D eigenvalue weighted by molar-refractivity contribution is 0.103. The van der Waals surface area contributed by atoms with Crippen molar-refractivity contribution >= 4 is 33.0 Å². The molecular formula is C13H12BrNO2S. The minimum atomic E-state index is -0.102. The predicted octanol–water partition coefficient (Wildman–Crippen LogP) is 3.76. The first-order chi connectivity index (χ1) is 8.52. The molecule has 0 aliphatic heterocycles. The zero-order valence-corrected chi connectivity index (χ0v) is 12.7. The molecule has 0 radical (unpaired) electrons. The molecule has 1 aromatic carbocycles. The highest BCUT2D eigenvalue weighted by Crippen LogP contribution is 2.27. The van der Waals surface area contributed by atoms with Crippen molar-refractivity contribution in [3.63, 3.8) is 0 Å². The summed E-state index contributed by atoms with van der Waals surface area (Å²) in [6.45, 7) is 3.86. The van der Waals surface area contributed by atoms with Crippen molar-refractivity contribution in [1.82, 2.24) is 4.98 Å². The molecule has 0 unspecified atom stereocenters.